The molecule has 0 fully saturated rings. The van der Waals surface area contributed by atoms with Crippen LogP contribution in [0.2, 0.25) is 0 Å². The lowest BCUT2D eigenvalue weighted by Gasteiger charge is -2.33. The lowest BCUT2D eigenvalue weighted by atomic mass is 10.1. The van der Waals surface area contributed by atoms with Gasteiger partial charge >= 0.3 is 0 Å². The molecule has 1 aromatic heterocycles. The molecule has 0 radical (unpaired) electrons. The summed E-state index contributed by atoms with van der Waals surface area (Å²) in [6.07, 6.45) is 3.60. The highest BCUT2D eigenvalue weighted by Gasteiger charge is 2.26. The minimum atomic E-state index is 0.0775. The predicted octanol–water partition coefficient (Wildman–Crippen LogP) is 2.46. The van der Waals surface area contributed by atoms with Gasteiger partial charge in [0.25, 0.3) is 5.91 Å². The van der Waals surface area contributed by atoms with Crippen molar-refractivity contribution in [3.05, 3.63) is 18.0 Å². The van der Waals surface area contributed by atoms with Crippen molar-refractivity contribution in [2.75, 3.05) is 0 Å². The number of amides is 1. The molecule has 0 saturated carbocycles. The molecule has 0 saturated heterocycles. The quantitative estimate of drug-likeness (QED) is 0.789. The lowest BCUT2D eigenvalue weighted by Crippen LogP contribution is -2.44. The van der Waals surface area contributed by atoms with Crippen LogP contribution in [0.15, 0.2) is 12.3 Å². The zero-order chi connectivity index (χ0) is 13.0. The van der Waals surface area contributed by atoms with Gasteiger partial charge < -0.3 is 4.90 Å². The number of hydrogen-bond acceptors (Lipinski definition) is 2. The highest BCUT2D eigenvalue weighted by Crippen LogP contribution is 2.15. The third-order valence-corrected chi connectivity index (χ3v) is 3.41. The molecule has 0 spiro atoms. The van der Waals surface area contributed by atoms with E-state index in [1.807, 2.05) is 4.90 Å². The zero-order valence-corrected chi connectivity index (χ0v) is 11.5. The standard InChI is InChI=1S/C13H23N3O/c1-6-10(3)16(11(4)7-2)13(17)12-8-9-14-15(12)5/h8-11H,6-7H2,1-5H3/t10-,11-/m0/s1. The van der Waals surface area contributed by atoms with Crippen LogP contribution in [0.4, 0.5) is 0 Å². The van der Waals surface area contributed by atoms with Crippen molar-refractivity contribution in [1.29, 1.82) is 0 Å². The number of aromatic nitrogens is 2. The fraction of sp³-hybridized carbons (Fsp3) is 0.692. The Bertz CT molecular complexity index is 362. The number of carbonyl (C=O) groups excluding carboxylic acids is 1. The molecule has 4 nitrogen and oxygen atoms in total. The molecule has 17 heavy (non-hydrogen) atoms. The van der Waals surface area contributed by atoms with Gasteiger partial charge in [0.1, 0.15) is 5.69 Å². The molecule has 0 aliphatic heterocycles. The smallest absolute Gasteiger partial charge is 0.272 e. The van der Waals surface area contributed by atoms with Crippen molar-refractivity contribution in [2.24, 2.45) is 7.05 Å². The minimum absolute atomic E-state index is 0.0775. The summed E-state index contributed by atoms with van der Waals surface area (Å²) < 4.78 is 1.64. The Morgan fingerprint density at radius 1 is 1.35 bits per heavy atom. The van der Waals surface area contributed by atoms with Crippen LogP contribution in [-0.2, 0) is 7.05 Å². The molecule has 0 N–H and O–H groups in total. The van der Waals surface area contributed by atoms with Crippen molar-refractivity contribution in [3.63, 3.8) is 0 Å². The number of rotatable bonds is 5. The van der Waals surface area contributed by atoms with Gasteiger partial charge in [0.05, 0.1) is 0 Å². The molecule has 0 bridgehead atoms. The van der Waals surface area contributed by atoms with Crippen molar-refractivity contribution >= 4 is 5.91 Å². The van der Waals surface area contributed by atoms with Gasteiger partial charge in [-0.05, 0) is 32.8 Å². The van der Waals surface area contributed by atoms with Gasteiger partial charge in [0.15, 0.2) is 0 Å². The van der Waals surface area contributed by atoms with E-state index in [1.54, 1.807) is 24.0 Å². The molecule has 0 aromatic carbocycles. The van der Waals surface area contributed by atoms with Crippen LogP contribution < -0.4 is 0 Å². The first-order valence-electron chi connectivity index (χ1n) is 6.33. The molecular weight excluding hydrogens is 214 g/mol. The van der Waals surface area contributed by atoms with Crippen LogP contribution in [0.5, 0.6) is 0 Å². The molecule has 4 heteroatoms. The maximum atomic E-state index is 12.5. The lowest BCUT2D eigenvalue weighted by molar-refractivity contribution is 0.0587. The summed E-state index contributed by atoms with van der Waals surface area (Å²) in [6.45, 7) is 8.41. The second kappa shape index (κ2) is 5.84. The van der Waals surface area contributed by atoms with E-state index in [-0.39, 0.29) is 18.0 Å². The summed E-state index contributed by atoms with van der Waals surface area (Å²) >= 11 is 0. The fourth-order valence-corrected chi connectivity index (χ4v) is 1.94. The second-order valence-corrected chi connectivity index (χ2v) is 4.57. The Morgan fingerprint density at radius 3 is 2.24 bits per heavy atom. The van der Waals surface area contributed by atoms with E-state index < -0.39 is 0 Å². The molecule has 96 valence electrons. The summed E-state index contributed by atoms with van der Waals surface area (Å²) in [6, 6.07) is 2.29. The fourth-order valence-electron chi connectivity index (χ4n) is 1.94. The maximum Gasteiger partial charge on any atom is 0.272 e. The van der Waals surface area contributed by atoms with Crippen LogP contribution in [-0.4, -0.2) is 32.7 Å². The Kier molecular flexibility index (Phi) is 4.73. The van der Waals surface area contributed by atoms with Gasteiger partial charge in [-0.1, -0.05) is 13.8 Å². The average molecular weight is 237 g/mol. The first kappa shape index (κ1) is 13.7. The van der Waals surface area contributed by atoms with Crippen LogP contribution in [0.1, 0.15) is 51.0 Å². The highest BCUT2D eigenvalue weighted by molar-refractivity contribution is 5.92. The summed E-state index contributed by atoms with van der Waals surface area (Å²) in [5, 5.41) is 4.06. The van der Waals surface area contributed by atoms with Gasteiger partial charge in [0, 0.05) is 25.3 Å². The van der Waals surface area contributed by atoms with Gasteiger partial charge in [-0.2, -0.15) is 5.10 Å². The molecule has 0 unspecified atom stereocenters. The molecule has 0 aliphatic rings. The predicted molar refractivity (Wildman–Crippen MR) is 68.9 cm³/mol. The van der Waals surface area contributed by atoms with E-state index in [9.17, 15) is 4.79 Å². The Balaban J connectivity index is 2.99. The van der Waals surface area contributed by atoms with Crippen LogP contribution in [0.25, 0.3) is 0 Å². The van der Waals surface area contributed by atoms with Gasteiger partial charge in [-0.25, -0.2) is 0 Å². The van der Waals surface area contributed by atoms with Crippen molar-refractivity contribution in [3.8, 4) is 0 Å². The third-order valence-electron chi connectivity index (χ3n) is 3.41. The number of hydrogen-bond donors (Lipinski definition) is 0. The normalized spacial score (nSPS) is 14.4. The van der Waals surface area contributed by atoms with Crippen molar-refractivity contribution in [1.82, 2.24) is 14.7 Å². The Morgan fingerprint density at radius 2 is 1.88 bits per heavy atom. The molecule has 2 atom stereocenters. The third kappa shape index (κ3) is 2.87. The van der Waals surface area contributed by atoms with Crippen molar-refractivity contribution < 1.29 is 4.79 Å². The Hall–Kier alpha value is -1.32. The summed E-state index contributed by atoms with van der Waals surface area (Å²) in [4.78, 5) is 14.5. The average Bonchev–Trinajstić information content (AvgIpc) is 2.74. The van der Waals surface area contributed by atoms with Crippen LogP contribution in [0.3, 0.4) is 0 Å². The summed E-state index contributed by atoms with van der Waals surface area (Å²) in [7, 11) is 1.80. The minimum Gasteiger partial charge on any atom is -0.332 e. The molecular formula is C13H23N3O. The topological polar surface area (TPSA) is 38.1 Å². The molecule has 1 aromatic rings. The summed E-state index contributed by atoms with van der Waals surface area (Å²) in [5.41, 5.74) is 0.658. The number of aryl methyl sites for hydroxylation is 1. The van der Waals surface area contributed by atoms with Crippen LogP contribution in [0, 0.1) is 0 Å². The molecule has 1 amide bonds. The monoisotopic (exact) mass is 237 g/mol. The van der Waals surface area contributed by atoms with E-state index >= 15 is 0 Å². The van der Waals surface area contributed by atoms with Gasteiger partial charge in [-0.15, -0.1) is 0 Å². The maximum absolute atomic E-state index is 12.5. The second-order valence-electron chi connectivity index (χ2n) is 4.57. The van der Waals surface area contributed by atoms with E-state index in [1.165, 1.54) is 0 Å². The van der Waals surface area contributed by atoms with Gasteiger partial charge in [0.2, 0.25) is 0 Å². The summed E-state index contributed by atoms with van der Waals surface area (Å²) in [5.74, 6) is 0.0775. The zero-order valence-electron chi connectivity index (χ0n) is 11.5. The Labute approximate surface area is 104 Å². The first-order valence-corrected chi connectivity index (χ1v) is 6.33. The number of carbonyl (C=O) groups is 1. The molecule has 1 heterocycles. The van der Waals surface area contributed by atoms with E-state index in [0.717, 1.165) is 12.8 Å². The van der Waals surface area contributed by atoms with E-state index in [2.05, 4.69) is 32.8 Å². The van der Waals surface area contributed by atoms with E-state index in [0.29, 0.717) is 5.69 Å². The first-order chi connectivity index (χ1) is 8.02. The highest BCUT2D eigenvalue weighted by atomic mass is 16.2. The van der Waals surface area contributed by atoms with Crippen LogP contribution >= 0.6 is 0 Å². The van der Waals surface area contributed by atoms with E-state index in [4.69, 9.17) is 0 Å². The van der Waals surface area contributed by atoms with Gasteiger partial charge in [-0.3, -0.25) is 9.48 Å². The molecule has 1 rings (SSSR count). The largest absolute Gasteiger partial charge is 0.332 e. The SMILES string of the molecule is CC[C@H](C)N(C(=O)c1ccnn1C)[C@@H](C)CC. The van der Waals surface area contributed by atoms with Crippen molar-refractivity contribution in [2.45, 2.75) is 52.6 Å². The number of nitrogens with zero attached hydrogens (tertiary/aromatic N) is 3. The molecule has 0 aliphatic carbocycles.